The second-order valence-corrected chi connectivity index (χ2v) is 5.60. The van der Waals surface area contributed by atoms with Gasteiger partial charge in [0.1, 0.15) is 11.3 Å². The third kappa shape index (κ3) is 1.72. The van der Waals surface area contributed by atoms with Crippen LogP contribution in [0.15, 0.2) is 24.3 Å². The van der Waals surface area contributed by atoms with Crippen molar-refractivity contribution in [2.75, 3.05) is 0 Å². The van der Waals surface area contributed by atoms with Gasteiger partial charge >= 0.3 is 0 Å². The Kier molecular flexibility index (Phi) is 2.49. The first-order valence-corrected chi connectivity index (χ1v) is 7.14. The molecule has 0 bridgehead atoms. The fourth-order valence-electron chi connectivity index (χ4n) is 3.07. The van der Waals surface area contributed by atoms with Crippen LogP contribution in [0.4, 0.5) is 0 Å². The molecule has 4 heteroatoms. The molecule has 1 fully saturated rings. The maximum Gasteiger partial charge on any atom is 0.157 e. The molecule has 0 amide bonds. The molecular formula is C15H14ClN3. The Hall–Kier alpha value is -1.61. The highest BCUT2D eigenvalue weighted by atomic mass is 35.5. The standard InChI is InChI=1S/C15H14ClN3/c16-14-13-12(10-7-3-4-8-11(10)17-14)18-15(19-13)9-5-1-2-6-9/h3-4,7-9H,1-2,5-6H2,(H,18,19). The topological polar surface area (TPSA) is 41.6 Å². The fourth-order valence-corrected chi connectivity index (χ4v) is 3.30. The Morgan fingerprint density at radius 2 is 1.89 bits per heavy atom. The molecule has 0 unspecified atom stereocenters. The summed E-state index contributed by atoms with van der Waals surface area (Å²) in [6.07, 6.45) is 5.05. The van der Waals surface area contributed by atoms with Crippen LogP contribution in [-0.2, 0) is 0 Å². The molecule has 1 aliphatic carbocycles. The quantitative estimate of drug-likeness (QED) is 0.666. The van der Waals surface area contributed by atoms with Crippen molar-refractivity contribution in [3.05, 3.63) is 35.2 Å². The first-order chi connectivity index (χ1) is 9.33. The summed E-state index contributed by atoms with van der Waals surface area (Å²) in [5, 5.41) is 1.59. The van der Waals surface area contributed by atoms with Crippen LogP contribution in [0.3, 0.4) is 0 Å². The van der Waals surface area contributed by atoms with Crippen LogP contribution in [0.25, 0.3) is 21.9 Å². The van der Waals surface area contributed by atoms with E-state index in [4.69, 9.17) is 16.6 Å². The molecule has 3 aromatic rings. The smallest absolute Gasteiger partial charge is 0.157 e. The molecule has 1 aromatic carbocycles. The highest BCUT2D eigenvalue weighted by Gasteiger charge is 2.21. The molecule has 0 saturated heterocycles. The van der Waals surface area contributed by atoms with Gasteiger partial charge in [-0.3, -0.25) is 0 Å². The largest absolute Gasteiger partial charge is 0.341 e. The van der Waals surface area contributed by atoms with Gasteiger partial charge in [-0.15, -0.1) is 0 Å². The molecule has 0 atom stereocenters. The van der Waals surface area contributed by atoms with E-state index in [1.807, 2.05) is 18.2 Å². The second kappa shape index (κ2) is 4.20. The van der Waals surface area contributed by atoms with Gasteiger partial charge < -0.3 is 4.98 Å². The first kappa shape index (κ1) is 11.2. The molecule has 19 heavy (non-hydrogen) atoms. The lowest BCUT2D eigenvalue weighted by atomic mass is 10.1. The van der Waals surface area contributed by atoms with Crippen LogP contribution < -0.4 is 0 Å². The van der Waals surface area contributed by atoms with Crippen molar-refractivity contribution in [2.24, 2.45) is 0 Å². The number of benzene rings is 1. The molecule has 1 saturated carbocycles. The monoisotopic (exact) mass is 271 g/mol. The number of nitrogens with zero attached hydrogens (tertiary/aromatic N) is 2. The highest BCUT2D eigenvalue weighted by Crippen LogP contribution is 2.35. The number of rotatable bonds is 1. The van der Waals surface area contributed by atoms with Gasteiger partial charge in [-0.25, -0.2) is 9.97 Å². The first-order valence-electron chi connectivity index (χ1n) is 6.77. The average Bonchev–Trinajstić information content (AvgIpc) is 3.08. The number of pyridine rings is 1. The van der Waals surface area contributed by atoms with Crippen LogP contribution in [0.5, 0.6) is 0 Å². The summed E-state index contributed by atoms with van der Waals surface area (Å²) in [5.74, 6) is 1.63. The number of H-pyrrole nitrogens is 1. The molecule has 0 spiro atoms. The van der Waals surface area contributed by atoms with E-state index >= 15 is 0 Å². The van der Waals surface area contributed by atoms with Crippen molar-refractivity contribution in [3.8, 4) is 0 Å². The predicted octanol–water partition coefficient (Wildman–Crippen LogP) is 4.42. The maximum atomic E-state index is 6.26. The van der Waals surface area contributed by atoms with E-state index in [1.54, 1.807) is 0 Å². The number of aromatic amines is 1. The van der Waals surface area contributed by atoms with E-state index in [2.05, 4.69) is 16.0 Å². The van der Waals surface area contributed by atoms with Gasteiger partial charge in [0.25, 0.3) is 0 Å². The van der Waals surface area contributed by atoms with Gasteiger partial charge in [0.15, 0.2) is 5.15 Å². The molecule has 4 rings (SSSR count). The predicted molar refractivity (Wildman–Crippen MR) is 77.6 cm³/mol. The molecule has 1 aliphatic rings. The number of para-hydroxylation sites is 1. The molecule has 0 radical (unpaired) electrons. The summed E-state index contributed by atoms with van der Waals surface area (Å²) in [6, 6.07) is 8.05. The average molecular weight is 272 g/mol. The van der Waals surface area contributed by atoms with Crippen LogP contribution in [0.2, 0.25) is 5.15 Å². The van der Waals surface area contributed by atoms with Crippen LogP contribution in [0, 0.1) is 0 Å². The van der Waals surface area contributed by atoms with Crippen LogP contribution in [-0.4, -0.2) is 15.0 Å². The molecule has 96 valence electrons. The normalized spacial score (nSPS) is 16.7. The van der Waals surface area contributed by atoms with Gasteiger partial charge in [0, 0.05) is 11.3 Å². The third-order valence-corrected chi connectivity index (χ3v) is 4.31. The summed E-state index contributed by atoms with van der Waals surface area (Å²) in [4.78, 5) is 12.6. The number of hydrogen-bond donors (Lipinski definition) is 1. The van der Waals surface area contributed by atoms with E-state index in [0.717, 1.165) is 27.8 Å². The van der Waals surface area contributed by atoms with Gasteiger partial charge in [0.2, 0.25) is 0 Å². The summed E-state index contributed by atoms with van der Waals surface area (Å²) in [6.45, 7) is 0. The summed E-state index contributed by atoms with van der Waals surface area (Å²) >= 11 is 6.26. The number of fused-ring (bicyclic) bond motifs is 3. The number of hydrogen-bond acceptors (Lipinski definition) is 2. The molecular weight excluding hydrogens is 258 g/mol. The molecule has 3 nitrogen and oxygen atoms in total. The van der Waals surface area contributed by atoms with Crippen LogP contribution in [0.1, 0.15) is 37.4 Å². The third-order valence-electron chi connectivity index (χ3n) is 4.05. The van der Waals surface area contributed by atoms with Gasteiger partial charge in [-0.2, -0.15) is 0 Å². The summed E-state index contributed by atoms with van der Waals surface area (Å²) < 4.78 is 0. The van der Waals surface area contributed by atoms with E-state index in [9.17, 15) is 0 Å². The molecule has 0 aliphatic heterocycles. The van der Waals surface area contributed by atoms with E-state index in [-0.39, 0.29) is 0 Å². The summed E-state index contributed by atoms with van der Waals surface area (Å²) in [5.41, 5.74) is 2.75. The van der Waals surface area contributed by atoms with Crippen molar-refractivity contribution in [2.45, 2.75) is 31.6 Å². The summed E-state index contributed by atoms with van der Waals surface area (Å²) in [7, 11) is 0. The zero-order chi connectivity index (χ0) is 12.8. The van der Waals surface area contributed by atoms with Gasteiger partial charge in [0.05, 0.1) is 11.0 Å². The molecule has 1 N–H and O–H groups in total. The molecule has 2 aromatic heterocycles. The van der Waals surface area contributed by atoms with Crippen molar-refractivity contribution in [1.29, 1.82) is 0 Å². The lowest BCUT2D eigenvalue weighted by molar-refractivity contribution is 0.681. The maximum absolute atomic E-state index is 6.26. The zero-order valence-corrected chi connectivity index (χ0v) is 11.2. The van der Waals surface area contributed by atoms with E-state index in [1.165, 1.54) is 25.7 Å². The minimum atomic E-state index is 0.495. The Morgan fingerprint density at radius 1 is 1.11 bits per heavy atom. The van der Waals surface area contributed by atoms with Gasteiger partial charge in [-0.05, 0) is 18.9 Å². The Labute approximate surface area is 116 Å². The van der Waals surface area contributed by atoms with Crippen molar-refractivity contribution in [1.82, 2.24) is 15.0 Å². The molecule has 2 heterocycles. The lowest BCUT2D eigenvalue weighted by Crippen LogP contribution is -1.94. The fraction of sp³-hybridized carbons (Fsp3) is 0.333. The minimum absolute atomic E-state index is 0.495. The number of aromatic nitrogens is 3. The lowest BCUT2D eigenvalue weighted by Gasteiger charge is -2.02. The number of imidazole rings is 1. The SMILES string of the molecule is Clc1nc2ccccc2c2[nH]c(C3CCCC3)nc12. The second-order valence-electron chi connectivity index (χ2n) is 5.25. The Balaban J connectivity index is 2.00. The number of nitrogens with one attached hydrogen (secondary N) is 1. The Bertz CT molecular complexity index is 757. The Morgan fingerprint density at radius 3 is 2.74 bits per heavy atom. The minimum Gasteiger partial charge on any atom is -0.341 e. The zero-order valence-electron chi connectivity index (χ0n) is 10.5. The van der Waals surface area contributed by atoms with Crippen molar-refractivity contribution < 1.29 is 0 Å². The van der Waals surface area contributed by atoms with Crippen molar-refractivity contribution in [3.63, 3.8) is 0 Å². The number of halogens is 1. The van der Waals surface area contributed by atoms with E-state index < -0.39 is 0 Å². The highest BCUT2D eigenvalue weighted by molar-refractivity contribution is 6.35. The van der Waals surface area contributed by atoms with E-state index in [0.29, 0.717) is 11.1 Å². The van der Waals surface area contributed by atoms with Gasteiger partial charge in [-0.1, -0.05) is 42.6 Å². The van der Waals surface area contributed by atoms with Crippen LogP contribution >= 0.6 is 11.6 Å². The van der Waals surface area contributed by atoms with Crippen molar-refractivity contribution >= 4 is 33.5 Å².